The Hall–Kier alpha value is -9.92. The molecule has 0 aliphatic heterocycles. The van der Waals surface area contributed by atoms with Gasteiger partial charge in [-0.15, -0.1) is 0 Å². The second kappa shape index (κ2) is 21.1. The SMILES string of the molecule is O=S(=O)(Oc1ccc2ccc(-c3ccc(-c4nc(-c5ccccc5)nc(-c5ccccc5)n4)cc3)cc2c1)C(F)(F)F.Oc1ccc2ccc(-c3ccc(-c4nc(-c5ccccc5)nc(-c5ccccc5)n4)cc3)cc2c1. The zero-order chi connectivity index (χ0) is 52.9. The molecule has 2 heterocycles. The number of benzene rings is 10. The van der Waals surface area contributed by atoms with E-state index in [9.17, 15) is 26.7 Å². The predicted octanol–water partition coefficient (Wildman–Crippen LogP) is 15.3. The van der Waals surface area contributed by atoms with E-state index < -0.39 is 21.4 Å². The van der Waals surface area contributed by atoms with Crippen LogP contribution in [0.25, 0.3) is 112 Å². The van der Waals surface area contributed by atoms with Gasteiger partial charge in [0.05, 0.1) is 0 Å². The number of rotatable bonds is 10. The third-order valence-electron chi connectivity index (χ3n) is 12.5. The van der Waals surface area contributed by atoms with Crippen LogP contribution in [0.1, 0.15) is 0 Å². The van der Waals surface area contributed by atoms with Crippen LogP contribution in [0.15, 0.2) is 243 Å². The maximum absolute atomic E-state index is 12.8. The summed E-state index contributed by atoms with van der Waals surface area (Å²) in [7, 11) is -5.77. The lowest BCUT2D eigenvalue weighted by atomic mass is 10.00. The Morgan fingerprint density at radius 1 is 0.312 bits per heavy atom. The largest absolute Gasteiger partial charge is 0.534 e. The van der Waals surface area contributed by atoms with Crippen LogP contribution in [0.4, 0.5) is 13.2 Å². The highest BCUT2D eigenvalue weighted by Gasteiger charge is 2.48. The molecule has 0 bridgehead atoms. The molecule has 0 fully saturated rings. The van der Waals surface area contributed by atoms with Gasteiger partial charge in [-0.05, 0) is 80.2 Å². The molecule has 374 valence electrons. The number of fused-ring (bicyclic) bond motifs is 2. The molecule has 0 atom stereocenters. The van der Waals surface area contributed by atoms with Crippen molar-refractivity contribution in [2.45, 2.75) is 5.51 Å². The minimum atomic E-state index is -5.77. The fourth-order valence-corrected chi connectivity index (χ4v) is 8.99. The summed E-state index contributed by atoms with van der Waals surface area (Å²) in [5.74, 6) is 3.36. The Balaban J connectivity index is 0.000000166. The van der Waals surface area contributed by atoms with Crippen molar-refractivity contribution in [1.29, 1.82) is 0 Å². The van der Waals surface area contributed by atoms with Gasteiger partial charge in [0.15, 0.2) is 34.9 Å². The van der Waals surface area contributed by atoms with E-state index in [1.165, 1.54) is 18.2 Å². The summed E-state index contributed by atoms with van der Waals surface area (Å²) >= 11 is 0. The molecular formula is C63H41F3N6O4S. The maximum Gasteiger partial charge on any atom is 0.534 e. The van der Waals surface area contributed by atoms with Gasteiger partial charge in [0.1, 0.15) is 11.5 Å². The minimum absolute atomic E-state index is 0.267. The van der Waals surface area contributed by atoms with Gasteiger partial charge >= 0.3 is 15.6 Å². The van der Waals surface area contributed by atoms with E-state index in [2.05, 4.69) is 34.5 Å². The number of aromatic hydroxyl groups is 1. The summed E-state index contributed by atoms with van der Waals surface area (Å²) in [6.07, 6.45) is 0. The Labute approximate surface area is 440 Å². The molecule has 10 aromatic carbocycles. The van der Waals surface area contributed by atoms with E-state index in [4.69, 9.17) is 29.9 Å². The summed E-state index contributed by atoms with van der Waals surface area (Å²) in [4.78, 5) is 28.5. The van der Waals surface area contributed by atoms with Gasteiger partial charge in [-0.2, -0.15) is 21.6 Å². The molecule has 0 amide bonds. The average molecular weight is 1040 g/mol. The number of hydrogen-bond donors (Lipinski definition) is 1. The first-order valence-electron chi connectivity index (χ1n) is 24.1. The van der Waals surface area contributed by atoms with Crippen molar-refractivity contribution in [2.75, 3.05) is 0 Å². The average Bonchev–Trinajstić information content (AvgIpc) is 3.47. The van der Waals surface area contributed by atoms with Gasteiger partial charge < -0.3 is 9.29 Å². The first kappa shape index (κ1) is 49.3. The van der Waals surface area contributed by atoms with E-state index in [-0.39, 0.29) is 5.75 Å². The van der Waals surface area contributed by atoms with Gasteiger partial charge in [0, 0.05) is 33.4 Å². The summed E-state index contributed by atoms with van der Waals surface area (Å²) in [5, 5.41) is 13.2. The number of alkyl halides is 3. The van der Waals surface area contributed by atoms with Crippen molar-refractivity contribution in [3.8, 4) is 102 Å². The summed E-state index contributed by atoms with van der Waals surface area (Å²) in [5.41, 5.74) is 3.55. The zero-order valence-corrected chi connectivity index (χ0v) is 41.3. The van der Waals surface area contributed by atoms with E-state index in [0.717, 1.165) is 66.4 Å². The Morgan fingerprint density at radius 2 is 0.597 bits per heavy atom. The van der Waals surface area contributed by atoms with Crippen molar-refractivity contribution < 1.29 is 30.9 Å². The first-order valence-corrected chi connectivity index (χ1v) is 25.5. The normalized spacial score (nSPS) is 11.5. The lowest BCUT2D eigenvalue weighted by Gasteiger charge is -2.11. The molecule has 2 aromatic heterocycles. The second-order valence-electron chi connectivity index (χ2n) is 17.7. The molecule has 0 aliphatic rings. The maximum atomic E-state index is 12.8. The molecule has 0 unspecified atom stereocenters. The first-order chi connectivity index (χ1) is 37.4. The van der Waals surface area contributed by atoms with Crippen molar-refractivity contribution in [3.05, 3.63) is 243 Å². The van der Waals surface area contributed by atoms with Crippen molar-refractivity contribution in [2.24, 2.45) is 0 Å². The smallest absolute Gasteiger partial charge is 0.508 e. The molecular weight excluding hydrogens is 994 g/mol. The van der Waals surface area contributed by atoms with Crippen LogP contribution in [-0.4, -0.2) is 48.9 Å². The zero-order valence-electron chi connectivity index (χ0n) is 40.5. The highest BCUT2D eigenvalue weighted by atomic mass is 32.2. The molecule has 14 heteroatoms. The highest BCUT2D eigenvalue weighted by molar-refractivity contribution is 7.88. The number of phenols is 1. The number of aromatic nitrogens is 6. The van der Waals surface area contributed by atoms with Gasteiger partial charge in [0.2, 0.25) is 0 Å². The third-order valence-corrected chi connectivity index (χ3v) is 13.5. The van der Waals surface area contributed by atoms with E-state index in [0.29, 0.717) is 45.7 Å². The van der Waals surface area contributed by atoms with Crippen LogP contribution < -0.4 is 4.18 Å². The molecule has 0 saturated carbocycles. The van der Waals surface area contributed by atoms with Crippen molar-refractivity contribution >= 4 is 31.7 Å². The fraction of sp³-hybridized carbons (Fsp3) is 0.0159. The number of phenolic OH excluding ortho intramolecular Hbond substituents is 1. The van der Waals surface area contributed by atoms with Crippen LogP contribution in [-0.2, 0) is 10.1 Å². The molecule has 77 heavy (non-hydrogen) atoms. The van der Waals surface area contributed by atoms with Gasteiger partial charge in [-0.1, -0.05) is 206 Å². The van der Waals surface area contributed by atoms with Crippen LogP contribution in [0.3, 0.4) is 0 Å². The molecule has 0 radical (unpaired) electrons. The second-order valence-corrected chi connectivity index (χ2v) is 19.2. The lowest BCUT2D eigenvalue weighted by molar-refractivity contribution is -0.0500. The van der Waals surface area contributed by atoms with Crippen LogP contribution in [0, 0.1) is 0 Å². The van der Waals surface area contributed by atoms with Gasteiger partial charge in [0.25, 0.3) is 0 Å². The quantitative estimate of drug-likeness (QED) is 0.104. The van der Waals surface area contributed by atoms with Crippen LogP contribution in [0.2, 0.25) is 0 Å². The molecule has 0 spiro atoms. The van der Waals surface area contributed by atoms with E-state index in [1.807, 2.05) is 170 Å². The fourth-order valence-electron chi connectivity index (χ4n) is 8.54. The van der Waals surface area contributed by atoms with Crippen molar-refractivity contribution in [3.63, 3.8) is 0 Å². The number of halogens is 3. The Kier molecular flexibility index (Phi) is 13.5. The lowest BCUT2D eigenvalue weighted by Crippen LogP contribution is -2.28. The van der Waals surface area contributed by atoms with E-state index >= 15 is 0 Å². The Bertz CT molecular complexity index is 4060. The van der Waals surface area contributed by atoms with Gasteiger partial charge in [-0.25, -0.2) is 29.9 Å². The number of hydrogen-bond acceptors (Lipinski definition) is 10. The predicted molar refractivity (Wildman–Crippen MR) is 295 cm³/mol. The molecule has 10 nitrogen and oxygen atoms in total. The number of nitrogens with zero attached hydrogens (tertiary/aromatic N) is 6. The van der Waals surface area contributed by atoms with Gasteiger partial charge in [-0.3, -0.25) is 0 Å². The molecule has 12 rings (SSSR count). The summed E-state index contributed by atoms with van der Waals surface area (Å²) < 4.78 is 65.5. The summed E-state index contributed by atoms with van der Waals surface area (Å²) in [6.45, 7) is 0. The van der Waals surface area contributed by atoms with Crippen LogP contribution in [0.5, 0.6) is 11.5 Å². The monoisotopic (exact) mass is 1030 g/mol. The van der Waals surface area contributed by atoms with Crippen LogP contribution >= 0.6 is 0 Å². The Morgan fingerprint density at radius 3 is 0.948 bits per heavy atom. The molecule has 12 aromatic rings. The highest BCUT2D eigenvalue weighted by Crippen LogP contribution is 2.34. The molecule has 0 aliphatic carbocycles. The molecule has 0 saturated heterocycles. The summed E-state index contributed by atoms with van der Waals surface area (Å²) in [6, 6.07) is 76.0. The molecule has 1 N–H and O–H groups in total. The minimum Gasteiger partial charge on any atom is -0.508 e. The topological polar surface area (TPSA) is 141 Å². The standard InChI is InChI=1S/C32H20F3N3O3S.C31H21N3O/c33-32(34,35)42(39,40)41-28-18-17-22-13-16-26(19-27(22)20-28)21-11-14-25(15-12-21)31-37-29(23-7-3-1-4-8-23)36-30(38-31)24-9-5-2-6-10-24;35-28-18-17-22-13-16-26(19-27(22)20-28)21-11-14-25(15-12-21)31-33-29(23-7-3-1-4-8-23)32-30(34-31)24-9-5-2-6-10-24/h1-20H;1-20,35H. The van der Waals surface area contributed by atoms with E-state index in [1.54, 1.807) is 24.3 Å². The van der Waals surface area contributed by atoms with Crippen molar-refractivity contribution in [1.82, 2.24) is 29.9 Å². The third kappa shape index (κ3) is 11.1.